The Morgan fingerprint density at radius 3 is 2.17 bits per heavy atom. The van der Waals surface area contributed by atoms with E-state index in [1.807, 2.05) is 6.92 Å². The van der Waals surface area contributed by atoms with Gasteiger partial charge in [-0.15, -0.1) is 0 Å². The Kier molecular flexibility index (Phi) is 12.0. The van der Waals surface area contributed by atoms with Gasteiger partial charge in [0.15, 0.2) is 5.96 Å². The van der Waals surface area contributed by atoms with Gasteiger partial charge in [-0.3, -0.25) is 19.4 Å². The Bertz CT molecular complexity index is 605. The molecule has 166 valence electrons. The molecule has 0 bridgehead atoms. The Hall–Kier alpha value is -2.89. The summed E-state index contributed by atoms with van der Waals surface area (Å²) in [6, 6.07) is -2.89. The maximum atomic E-state index is 12.6. The highest BCUT2D eigenvalue weighted by Gasteiger charge is 2.29. The van der Waals surface area contributed by atoms with Crippen LogP contribution in [0.15, 0.2) is 4.99 Å². The van der Waals surface area contributed by atoms with E-state index in [2.05, 4.69) is 20.9 Å². The topological polar surface area (TPSA) is 215 Å². The van der Waals surface area contributed by atoms with Gasteiger partial charge in [-0.05, 0) is 25.7 Å². The zero-order valence-corrected chi connectivity index (χ0v) is 17.1. The van der Waals surface area contributed by atoms with Crippen LogP contribution in [-0.2, 0) is 19.2 Å². The molecule has 0 aliphatic carbocycles. The first-order valence-corrected chi connectivity index (χ1v) is 9.40. The number of amides is 3. The third-order valence-corrected chi connectivity index (χ3v) is 4.21. The first kappa shape index (κ1) is 26.1. The number of guanidine groups is 1. The van der Waals surface area contributed by atoms with Crippen molar-refractivity contribution in [2.24, 2.45) is 28.1 Å². The average Bonchev–Trinajstić information content (AvgIpc) is 2.64. The minimum absolute atomic E-state index is 0.100. The van der Waals surface area contributed by atoms with E-state index < -0.39 is 41.8 Å². The fraction of sp³-hybridized carbons (Fsp3) is 0.706. The van der Waals surface area contributed by atoms with E-state index in [9.17, 15) is 24.3 Å². The Morgan fingerprint density at radius 1 is 1.07 bits per heavy atom. The minimum Gasteiger partial charge on any atom is -0.480 e. The highest BCUT2D eigenvalue weighted by molar-refractivity contribution is 5.92. The molecule has 12 nitrogen and oxygen atoms in total. The second-order valence-electron chi connectivity index (χ2n) is 6.79. The summed E-state index contributed by atoms with van der Waals surface area (Å²) in [7, 11) is 0. The monoisotopic (exact) mass is 415 g/mol. The number of nitrogens with one attached hydrogen (secondary N) is 3. The Labute approximate surface area is 170 Å². The van der Waals surface area contributed by atoms with Crippen molar-refractivity contribution in [1.29, 1.82) is 0 Å². The van der Waals surface area contributed by atoms with E-state index in [0.717, 1.165) is 0 Å². The van der Waals surface area contributed by atoms with Crippen LogP contribution in [0, 0.1) is 5.92 Å². The van der Waals surface area contributed by atoms with Crippen LogP contribution in [0.3, 0.4) is 0 Å². The van der Waals surface area contributed by atoms with Crippen molar-refractivity contribution in [2.45, 2.75) is 58.2 Å². The molecule has 12 heteroatoms. The number of carboxylic acid groups (broad SMARTS) is 1. The molecule has 0 fully saturated rings. The SMILES string of the molecule is CCC(C)C(NC(=O)CNC(=O)C(C)N)C(=O)NC(CCCN=C(N)N)C(=O)O. The number of carbonyl (C=O) groups excluding carboxylic acids is 3. The molecule has 4 atom stereocenters. The van der Waals surface area contributed by atoms with E-state index in [1.54, 1.807) is 6.92 Å². The number of hydrogen-bond donors (Lipinski definition) is 7. The Morgan fingerprint density at radius 2 is 1.69 bits per heavy atom. The molecule has 0 heterocycles. The van der Waals surface area contributed by atoms with Crippen molar-refractivity contribution in [1.82, 2.24) is 16.0 Å². The summed E-state index contributed by atoms with van der Waals surface area (Å²) in [6.45, 7) is 4.94. The molecule has 29 heavy (non-hydrogen) atoms. The summed E-state index contributed by atoms with van der Waals surface area (Å²) in [5.74, 6) is -3.28. The molecule has 4 unspecified atom stereocenters. The Balaban J connectivity index is 4.94. The lowest BCUT2D eigenvalue weighted by Crippen LogP contribution is -2.55. The zero-order chi connectivity index (χ0) is 22.6. The zero-order valence-electron chi connectivity index (χ0n) is 17.1. The highest BCUT2D eigenvalue weighted by Crippen LogP contribution is 2.09. The molecule has 0 spiro atoms. The standard InChI is InChI=1S/C17H33N7O5/c1-4-9(2)13(24-12(25)8-22-14(26)10(3)18)15(27)23-11(16(28)29)6-5-7-21-17(19)20/h9-11,13H,4-8,18H2,1-3H3,(H,22,26)(H,23,27)(H,24,25)(H,28,29)(H4,19,20,21). The van der Waals surface area contributed by atoms with Crippen LogP contribution < -0.4 is 33.2 Å². The number of carbonyl (C=O) groups is 4. The van der Waals surface area contributed by atoms with Gasteiger partial charge in [-0.25, -0.2) is 4.79 Å². The second kappa shape index (κ2) is 13.3. The van der Waals surface area contributed by atoms with Gasteiger partial charge in [-0.2, -0.15) is 0 Å². The third kappa shape index (κ3) is 10.9. The maximum absolute atomic E-state index is 12.6. The van der Waals surface area contributed by atoms with Crippen molar-refractivity contribution >= 4 is 29.7 Å². The molecule has 0 saturated heterocycles. The van der Waals surface area contributed by atoms with Gasteiger partial charge in [0.2, 0.25) is 17.7 Å². The van der Waals surface area contributed by atoms with Crippen LogP contribution in [0.5, 0.6) is 0 Å². The number of aliphatic carboxylic acids is 1. The molecule has 0 rings (SSSR count). The van der Waals surface area contributed by atoms with Crippen LogP contribution in [0.4, 0.5) is 0 Å². The van der Waals surface area contributed by atoms with Gasteiger partial charge in [0.25, 0.3) is 0 Å². The first-order valence-electron chi connectivity index (χ1n) is 9.40. The molecule has 0 saturated carbocycles. The number of nitrogens with zero attached hydrogens (tertiary/aromatic N) is 1. The molecule has 0 aromatic carbocycles. The fourth-order valence-electron chi connectivity index (χ4n) is 2.28. The van der Waals surface area contributed by atoms with Gasteiger partial charge >= 0.3 is 5.97 Å². The van der Waals surface area contributed by atoms with E-state index in [1.165, 1.54) is 6.92 Å². The quantitative estimate of drug-likeness (QED) is 0.0975. The molecule has 10 N–H and O–H groups in total. The van der Waals surface area contributed by atoms with Gasteiger partial charge in [0.1, 0.15) is 12.1 Å². The number of rotatable bonds is 13. The molecule has 0 aromatic heterocycles. The predicted octanol–water partition coefficient (Wildman–Crippen LogP) is -2.40. The second-order valence-corrected chi connectivity index (χ2v) is 6.79. The average molecular weight is 415 g/mol. The van der Waals surface area contributed by atoms with Gasteiger partial charge < -0.3 is 38.3 Å². The largest absolute Gasteiger partial charge is 0.480 e. The summed E-state index contributed by atoms with van der Waals surface area (Å²) in [5.41, 5.74) is 15.8. The van der Waals surface area contributed by atoms with Crippen LogP contribution in [0.1, 0.15) is 40.0 Å². The molecule has 3 amide bonds. The smallest absolute Gasteiger partial charge is 0.326 e. The third-order valence-electron chi connectivity index (χ3n) is 4.21. The van der Waals surface area contributed by atoms with E-state index in [0.29, 0.717) is 12.8 Å². The lowest BCUT2D eigenvalue weighted by Gasteiger charge is -2.25. The highest BCUT2D eigenvalue weighted by atomic mass is 16.4. The van der Waals surface area contributed by atoms with Crippen LogP contribution in [0.2, 0.25) is 0 Å². The molecule has 0 aliphatic rings. The van der Waals surface area contributed by atoms with Crippen LogP contribution >= 0.6 is 0 Å². The minimum atomic E-state index is -1.21. The normalized spacial score (nSPS) is 14.6. The maximum Gasteiger partial charge on any atom is 0.326 e. The van der Waals surface area contributed by atoms with Crippen molar-refractivity contribution in [3.05, 3.63) is 0 Å². The number of hydrogen-bond acceptors (Lipinski definition) is 6. The summed E-state index contributed by atoms with van der Waals surface area (Å²) in [6.07, 6.45) is 1.02. The van der Waals surface area contributed by atoms with Crippen molar-refractivity contribution in [3.63, 3.8) is 0 Å². The van der Waals surface area contributed by atoms with Gasteiger partial charge in [0, 0.05) is 6.54 Å². The van der Waals surface area contributed by atoms with Crippen molar-refractivity contribution in [2.75, 3.05) is 13.1 Å². The number of carboxylic acids is 1. The van der Waals surface area contributed by atoms with Crippen molar-refractivity contribution < 1.29 is 24.3 Å². The number of nitrogens with two attached hydrogens (primary N) is 3. The van der Waals surface area contributed by atoms with Crippen LogP contribution in [0.25, 0.3) is 0 Å². The lowest BCUT2D eigenvalue weighted by atomic mass is 9.97. The summed E-state index contributed by atoms with van der Waals surface area (Å²) >= 11 is 0. The van der Waals surface area contributed by atoms with E-state index >= 15 is 0 Å². The fourth-order valence-corrected chi connectivity index (χ4v) is 2.28. The van der Waals surface area contributed by atoms with E-state index in [4.69, 9.17) is 17.2 Å². The van der Waals surface area contributed by atoms with Gasteiger partial charge in [-0.1, -0.05) is 20.3 Å². The first-order chi connectivity index (χ1) is 13.5. The number of aliphatic imine (C=N–C) groups is 1. The van der Waals surface area contributed by atoms with Gasteiger partial charge in [0.05, 0.1) is 12.6 Å². The molecular formula is C17H33N7O5. The predicted molar refractivity (Wildman–Crippen MR) is 108 cm³/mol. The molecule has 0 aliphatic heterocycles. The molecule has 0 radical (unpaired) electrons. The van der Waals surface area contributed by atoms with Crippen LogP contribution in [-0.4, -0.2) is 66.0 Å². The molecular weight excluding hydrogens is 382 g/mol. The summed E-state index contributed by atoms with van der Waals surface area (Å²) in [4.78, 5) is 51.4. The van der Waals surface area contributed by atoms with Crippen molar-refractivity contribution in [3.8, 4) is 0 Å². The van der Waals surface area contributed by atoms with E-state index in [-0.39, 0.29) is 31.4 Å². The lowest BCUT2D eigenvalue weighted by molar-refractivity contribution is -0.142. The summed E-state index contributed by atoms with van der Waals surface area (Å²) < 4.78 is 0. The summed E-state index contributed by atoms with van der Waals surface area (Å²) in [5, 5.41) is 16.7. The molecule has 0 aromatic rings.